The molecule has 128 heavy (non-hydrogen) atoms. The normalized spacial score (nSPS) is 11.3. The van der Waals surface area contributed by atoms with Gasteiger partial charge in [0.25, 0.3) is 23.6 Å². The summed E-state index contributed by atoms with van der Waals surface area (Å²) < 4.78 is 78.7. The first-order valence-corrected chi connectivity index (χ1v) is 44.1. The Morgan fingerprint density at radius 1 is 0.406 bits per heavy atom. The van der Waals surface area contributed by atoms with Crippen LogP contribution in [0.3, 0.4) is 0 Å². The first-order chi connectivity index (χ1) is 61.4. The number of aryl methyl sites for hydroxylation is 2. The number of sulfonamides is 1. The summed E-state index contributed by atoms with van der Waals surface area (Å²) in [5.74, 6) is -1.86. The molecule has 15 rings (SSSR count). The van der Waals surface area contributed by atoms with E-state index in [0.717, 1.165) is 95.9 Å². The van der Waals surface area contributed by atoms with Gasteiger partial charge in [-0.2, -0.15) is 0 Å². The molecule has 25 nitrogen and oxygen atoms in total. The third kappa shape index (κ3) is 26.7. The van der Waals surface area contributed by atoms with E-state index in [-0.39, 0.29) is 86.0 Å². The van der Waals surface area contributed by atoms with E-state index < -0.39 is 43.7 Å². The summed E-state index contributed by atoms with van der Waals surface area (Å²) in [4.78, 5) is 54.4. The van der Waals surface area contributed by atoms with Crippen LogP contribution in [0, 0.1) is 13.8 Å². The molecule has 0 spiro atoms. The number of benzene rings is 15. The highest BCUT2D eigenvalue weighted by molar-refractivity contribution is 7.89. The number of hydrogen-bond acceptors (Lipinski definition) is 19. The second-order valence-corrected chi connectivity index (χ2v) is 32.7. The van der Waals surface area contributed by atoms with Gasteiger partial charge in [0.2, 0.25) is 10.0 Å². The van der Waals surface area contributed by atoms with E-state index in [1.54, 1.807) is 91.0 Å². The Bertz CT molecular complexity index is 6740. The lowest BCUT2D eigenvalue weighted by atomic mass is 10.0. The van der Waals surface area contributed by atoms with Crippen molar-refractivity contribution >= 4 is 149 Å². The van der Waals surface area contributed by atoms with Crippen LogP contribution in [0.1, 0.15) is 85.3 Å². The fourth-order valence-electron chi connectivity index (χ4n) is 13.4. The molecule has 0 aliphatic rings. The van der Waals surface area contributed by atoms with E-state index >= 15 is 0 Å². The minimum absolute atomic E-state index is 0.0155. The second kappa shape index (κ2) is 45.8. The van der Waals surface area contributed by atoms with E-state index in [9.17, 15) is 61.9 Å². The number of hydrogen-bond donors (Lipinski definition) is 11. The molecule has 2 atom stereocenters. The lowest BCUT2D eigenvalue weighted by Crippen LogP contribution is -2.39. The summed E-state index contributed by atoms with van der Waals surface area (Å²) in [7, 11) is -3.20. The molecule has 0 bridgehead atoms. The maximum absolute atomic E-state index is 12.9. The Morgan fingerprint density at radius 2 is 0.727 bits per heavy atom. The summed E-state index contributed by atoms with van der Waals surface area (Å²) in [5, 5.41) is 74.1. The Morgan fingerprint density at radius 3 is 1.12 bits per heavy atom. The van der Waals surface area contributed by atoms with E-state index in [1.807, 2.05) is 234 Å². The Labute approximate surface area is 746 Å². The highest BCUT2D eigenvalue weighted by Gasteiger charge is 2.24. The molecule has 658 valence electrons. The molecule has 4 amide bonds. The second-order valence-electron chi connectivity index (χ2n) is 29.6. The van der Waals surface area contributed by atoms with Crippen LogP contribution in [0.4, 0.5) is 34.1 Å². The number of aromatic hydroxyl groups is 5. The number of rotatable bonds is 24. The number of likely N-dealkylation sites (N-methyl/N-ethyl adjacent to an activating group) is 1. The van der Waals surface area contributed by atoms with Gasteiger partial charge in [-0.1, -0.05) is 220 Å². The van der Waals surface area contributed by atoms with Crippen LogP contribution in [0.2, 0.25) is 0 Å². The van der Waals surface area contributed by atoms with Crippen LogP contribution in [0.15, 0.2) is 321 Å². The Balaban J connectivity index is 0.000000167. The predicted molar refractivity (Wildman–Crippen MR) is 511 cm³/mol. The fourth-order valence-corrected chi connectivity index (χ4v) is 15.3. The van der Waals surface area contributed by atoms with Gasteiger partial charge in [0, 0.05) is 58.7 Å². The van der Waals surface area contributed by atoms with Gasteiger partial charge >= 0.3 is 10.6 Å². The molecule has 0 saturated heterocycles. The average Bonchev–Trinajstić information content (AvgIpc) is 0.803. The molecule has 28 heteroatoms. The number of para-hydroxylation sites is 5. The zero-order chi connectivity index (χ0) is 92.1. The third-order valence-electron chi connectivity index (χ3n) is 20.6. The van der Waals surface area contributed by atoms with Crippen LogP contribution in [-0.2, 0) is 31.9 Å². The molecule has 15 aromatic carbocycles. The molecular weight excluding hydrogens is 1680 g/mol. The average molecular weight is 1780 g/mol. The van der Waals surface area contributed by atoms with Crippen molar-refractivity contribution in [2.45, 2.75) is 52.0 Å². The zero-order valence-electron chi connectivity index (χ0n) is 71.3. The predicted octanol–water partition coefficient (Wildman–Crippen LogP) is 19.0. The van der Waals surface area contributed by atoms with Crippen LogP contribution in [-0.4, -0.2) is 142 Å². The van der Waals surface area contributed by atoms with Crippen molar-refractivity contribution in [2.75, 3.05) is 77.7 Å². The van der Waals surface area contributed by atoms with Crippen molar-refractivity contribution in [3.05, 3.63) is 355 Å². The van der Waals surface area contributed by atoms with Gasteiger partial charge in [0.1, 0.15) is 33.6 Å². The minimum Gasteiger partial charge on any atom is -0.755 e. The largest absolute Gasteiger partial charge is 0.755 e. The number of nitrogens with zero attached hydrogens (tertiary/aromatic N) is 3. The summed E-state index contributed by atoms with van der Waals surface area (Å²) >= 11 is -2.53. The van der Waals surface area contributed by atoms with Gasteiger partial charge in [-0.05, 0) is 236 Å². The van der Waals surface area contributed by atoms with Crippen LogP contribution in [0.5, 0.6) is 28.7 Å². The molecular formula is C100H98N9O16S3-. The van der Waals surface area contributed by atoms with Gasteiger partial charge < -0.3 is 66.5 Å². The van der Waals surface area contributed by atoms with Crippen LogP contribution < -0.4 is 35.6 Å². The number of carbonyl (C=O) groups is 4. The topological polar surface area (TPSA) is 377 Å². The van der Waals surface area contributed by atoms with Gasteiger partial charge in [-0.3, -0.25) is 27.7 Å². The fraction of sp³-hybridized carbons (Fsp3) is 0.140. The molecule has 0 aliphatic heterocycles. The monoisotopic (exact) mass is 1780 g/mol. The van der Waals surface area contributed by atoms with Crippen molar-refractivity contribution in [2.24, 2.45) is 0 Å². The molecule has 11 N–H and O–H groups in total. The van der Waals surface area contributed by atoms with Crippen molar-refractivity contribution in [1.29, 1.82) is 0 Å². The molecule has 0 saturated carbocycles. The van der Waals surface area contributed by atoms with Crippen molar-refractivity contribution in [3.8, 4) is 28.7 Å². The molecule has 0 radical (unpaired) electrons. The minimum atomic E-state index is -3.82. The van der Waals surface area contributed by atoms with E-state index in [2.05, 4.69) is 56.6 Å². The lowest BCUT2D eigenvalue weighted by Gasteiger charge is -2.32. The smallest absolute Gasteiger partial charge is 0.425 e. The van der Waals surface area contributed by atoms with Gasteiger partial charge in [0.05, 0.1) is 39.3 Å². The van der Waals surface area contributed by atoms with Crippen molar-refractivity contribution < 1.29 is 74.5 Å². The lowest BCUT2D eigenvalue weighted by molar-refractivity contribution is 0.101. The number of phenolic OH excluding ortho intramolecular Hbond substituents is 5. The van der Waals surface area contributed by atoms with Gasteiger partial charge in [-0.25, -0.2) is 13.1 Å². The summed E-state index contributed by atoms with van der Waals surface area (Å²) in [6.07, 6.45) is 0.681. The standard InChI is InChI=1S/C24H29N3O4S.C22H25N3O4S.C19H17NO.C18H15NO2.C17H13NO2.O3S/c1-3-27(4-2)15-9-14-25-32(30,31)23-13-8-7-12-21(23)26-24(29)20-16-18-10-5-6-11-19(18)17-22(20)28;1-15(24(2)3)14-25(30(28)29)20-11-7-6-10-19(20)23-22(27)18-12-16-8-4-5-9-17(16)13-21(18)26;1-13-7-3-6-10-18(13)20-14(2)17-11-15-8-4-5-9-16(15)12-19(17)21;1-12-6-8-15(9-7-12)19-18(21)16-10-13-4-2-3-5-14(13)11-17(16)20;19-16-11-13-7-5-4-6-12(13)10-15(16)17(20)18-14-8-2-1-3-9-14;1-4(2)3/h5-8,10-13,16-17,25,28H,3-4,9,14-15H2,1-2H3,(H,26,29);4-13,15,26H,14H2,1-3H3,(H,23,27)(H,28,29);3-12,20-21H,2H2,1H3;2-11,20H,1H3,(H,19,21);1-11,19H,(H,18,20);/p-1. The SMILES string of the molecule is C=C(Nc1ccccc1C)c1cc2ccccc2cc1O.CC(CN(c1ccccc1NC(=O)c1cc2ccccc2cc1O)S(=O)[O-])N(C)C.CCN(CC)CCCNS(=O)(=O)c1ccccc1NC(=O)c1cc2ccccc2cc1O.Cc1ccc(NC(=O)c2cc3ccccc3cc2O)cc1.O=C(Nc1ccccc1)c1cc2ccccc2cc1O.O=S(=O)=O. The number of fused-ring (bicyclic) bond motifs is 5. The van der Waals surface area contributed by atoms with Crippen LogP contribution in [0.25, 0.3) is 59.6 Å². The van der Waals surface area contributed by atoms with Crippen LogP contribution >= 0.6 is 0 Å². The first-order valence-electron chi connectivity index (χ1n) is 40.6. The Kier molecular flexibility index (Phi) is 34.2. The number of phenols is 5. The zero-order valence-corrected chi connectivity index (χ0v) is 73.7. The van der Waals surface area contributed by atoms with Crippen molar-refractivity contribution in [1.82, 2.24) is 14.5 Å². The van der Waals surface area contributed by atoms with Gasteiger partial charge in [-0.15, -0.1) is 12.6 Å². The first kappa shape index (κ1) is 95.6. The number of anilines is 6. The van der Waals surface area contributed by atoms with E-state index in [4.69, 9.17) is 12.6 Å². The number of amides is 4. The maximum atomic E-state index is 12.9. The summed E-state index contributed by atoms with van der Waals surface area (Å²) in [6, 6.07) is 92.1. The number of nitrogens with one attached hydrogen (secondary N) is 6. The molecule has 0 aromatic heterocycles. The molecule has 0 heterocycles. The summed E-state index contributed by atoms with van der Waals surface area (Å²) in [5.41, 5.74) is 7.65. The highest BCUT2D eigenvalue weighted by atomic mass is 32.2. The highest BCUT2D eigenvalue weighted by Crippen LogP contribution is 2.36. The van der Waals surface area contributed by atoms with Gasteiger partial charge in [0.15, 0.2) is 0 Å². The molecule has 0 aliphatic carbocycles. The van der Waals surface area contributed by atoms with Crippen molar-refractivity contribution in [3.63, 3.8) is 0 Å². The summed E-state index contributed by atoms with van der Waals surface area (Å²) in [6.45, 7) is 17.3. The molecule has 0 fully saturated rings. The van der Waals surface area contributed by atoms with E-state index in [1.165, 1.54) is 28.6 Å². The molecule has 2 unspecified atom stereocenters. The third-order valence-corrected chi connectivity index (χ3v) is 22.8. The van der Waals surface area contributed by atoms with E-state index in [0.29, 0.717) is 41.4 Å². The maximum Gasteiger partial charge on any atom is 0.425 e. The molecule has 15 aromatic rings. The quantitative estimate of drug-likeness (QED) is 0.0198. The Hall–Kier alpha value is -14.6. The number of carbonyl (C=O) groups excluding carboxylic acids is 4.